The Morgan fingerprint density at radius 1 is 1.37 bits per heavy atom. The number of hydrogen-bond acceptors (Lipinski definition) is 7. The maximum absolute atomic E-state index is 12.8. The van der Waals surface area contributed by atoms with Crippen LogP contribution in [0.3, 0.4) is 0 Å². The first-order chi connectivity index (χ1) is 12.9. The summed E-state index contributed by atoms with van der Waals surface area (Å²) in [6.07, 6.45) is 1.72. The average Bonchev–Trinajstić information content (AvgIpc) is 3.02. The number of benzene rings is 1. The highest BCUT2D eigenvalue weighted by molar-refractivity contribution is 7.91. The smallest absolute Gasteiger partial charge is 0.272 e. The van der Waals surface area contributed by atoms with E-state index in [1.807, 2.05) is 6.92 Å². The zero-order valence-electron chi connectivity index (χ0n) is 14.8. The Bertz CT molecular complexity index is 1000. The first-order valence-electron chi connectivity index (χ1n) is 8.52. The molecule has 9 heteroatoms. The van der Waals surface area contributed by atoms with Crippen LogP contribution in [0.5, 0.6) is 0 Å². The molecule has 0 bridgehead atoms. The lowest BCUT2D eigenvalue weighted by Gasteiger charge is -2.26. The molecule has 1 saturated heterocycles. The summed E-state index contributed by atoms with van der Waals surface area (Å²) < 4.78 is 23.5. The number of anilines is 2. The molecule has 0 aliphatic carbocycles. The van der Waals surface area contributed by atoms with Crippen LogP contribution in [0, 0.1) is 11.3 Å². The van der Waals surface area contributed by atoms with Crippen LogP contribution in [0.4, 0.5) is 11.5 Å². The normalized spacial score (nSPS) is 17.9. The van der Waals surface area contributed by atoms with Gasteiger partial charge in [0.1, 0.15) is 17.8 Å². The van der Waals surface area contributed by atoms with Gasteiger partial charge in [-0.3, -0.25) is 4.79 Å². The van der Waals surface area contributed by atoms with Crippen molar-refractivity contribution < 1.29 is 13.2 Å². The van der Waals surface area contributed by atoms with E-state index in [2.05, 4.69) is 21.4 Å². The van der Waals surface area contributed by atoms with Crippen molar-refractivity contribution in [2.75, 3.05) is 23.4 Å². The lowest BCUT2D eigenvalue weighted by atomic mass is 10.2. The van der Waals surface area contributed by atoms with Crippen molar-refractivity contribution in [3.8, 4) is 6.07 Å². The lowest BCUT2D eigenvalue weighted by molar-refractivity contribution is 0.0702. The molecule has 3 rings (SSSR count). The third-order valence-corrected chi connectivity index (χ3v) is 6.15. The molecule has 1 aromatic heterocycles. The van der Waals surface area contributed by atoms with E-state index < -0.39 is 9.84 Å². The van der Waals surface area contributed by atoms with Gasteiger partial charge in [-0.2, -0.15) is 5.26 Å². The van der Waals surface area contributed by atoms with Gasteiger partial charge in [0, 0.05) is 24.3 Å². The molecule has 27 heavy (non-hydrogen) atoms. The number of sulfone groups is 1. The van der Waals surface area contributed by atoms with E-state index in [1.54, 1.807) is 29.2 Å². The van der Waals surface area contributed by atoms with E-state index in [-0.39, 0.29) is 29.1 Å². The Morgan fingerprint density at radius 2 is 2.19 bits per heavy atom. The third-order valence-electron chi connectivity index (χ3n) is 4.40. The van der Waals surface area contributed by atoms with Crippen molar-refractivity contribution in [2.24, 2.45) is 0 Å². The average molecular weight is 385 g/mol. The Balaban J connectivity index is 1.79. The molecule has 0 spiro atoms. The van der Waals surface area contributed by atoms with Gasteiger partial charge in [-0.05, 0) is 31.5 Å². The minimum absolute atomic E-state index is 0.0102. The van der Waals surface area contributed by atoms with E-state index in [1.165, 1.54) is 12.4 Å². The van der Waals surface area contributed by atoms with Gasteiger partial charge in [0.15, 0.2) is 9.84 Å². The molecule has 1 aliphatic heterocycles. The fourth-order valence-corrected chi connectivity index (χ4v) is 4.82. The molecule has 140 valence electrons. The molecule has 2 aromatic rings. The van der Waals surface area contributed by atoms with Crippen LogP contribution in [-0.4, -0.2) is 53.3 Å². The molecular weight excluding hydrogens is 366 g/mol. The second-order valence-electron chi connectivity index (χ2n) is 6.25. The van der Waals surface area contributed by atoms with Gasteiger partial charge in [-0.15, -0.1) is 0 Å². The fraction of sp³-hybridized carbons (Fsp3) is 0.333. The van der Waals surface area contributed by atoms with Gasteiger partial charge in [-0.1, -0.05) is 6.07 Å². The van der Waals surface area contributed by atoms with Crippen LogP contribution in [0.1, 0.15) is 29.4 Å². The van der Waals surface area contributed by atoms with Crippen LogP contribution < -0.4 is 5.32 Å². The minimum atomic E-state index is -3.09. The predicted octanol–water partition coefficient (Wildman–Crippen LogP) is 1.74. The Kier molecular flexibility index (Phi) is 5.37. The summed E-state index contributed by atoms with van der Waals surface area (Å²) in [6, 6.07) is 10.1. The number of nitrogens with one attached hydrogen (secondary N) is 1. The van der Waals surface area contributed by atoms with Gasteiger partial charge in [0.25, 0.3) is 5.91 Å². The molecule has 0 saturated carbocycles. The summed E-state index contributed by atoms with van der Waals surface area (Å²) in [6.45, 7) is 2.21. The molecule has 1 unspecified atom stereocenters. The van der Waals surface area contributed by atoms with Crippen molar-refractivity contribution in [1.29, 1.82) is 5.26 Å². The van der Waals surface area contributed by atoms with Crippen molar-refractivity contribution in [2.45, 2.75) is 19.4 Å². The monoisotopic (exact) mass is 385 g/mol. The topological polar surface area (TPSA) is 116 Å². The molecule has 1 atom stereocenters. The van der Waals surface area contributed by atoms with Crippen molar-refractivity contribution in [1.82, 2.24) is 14.9 Å². The maximum Gasteiger partial charge on any atom is 0.272 e. The van der Waals surface area contributed by atoms with Crippen LogP contribution in [0.2, 0.25) is 0 Å². The largest absolute Gasteiger partial charge is 0.340 e. The van der Waals surface area contributed by atoms with E-state index in [0.29, 0.717) is 30.0 Å². The lowest BCUT2D eigenvalue weighted by Crippen LogP contribution is -2.41. The van der Waals surface area contributed by atoms with Gasteiger partial charge < -0.3 is 10.2 Å². The van der Waals surface area contributed by atoms with Gasteiger partial charge in [0.05, 0.1) is 23.1 Å². The van der Waals surface area contributed by atoms with Crippen LogP contribution >= 0.6 is 0 Å². The number of hydrogen-bond donors (Lipinski definition) is 1. The van der Waals surface area contributed by atoms with E-state index in [0.717, 1.165) is 0 Å². The van der Waals surface area contributed by atoms with Crippen molar-refractivity contribution >= 4 is 27.2 Å². The van der Waals surface area contributed by atoms with Gasteiger partial charge >= 0.3 is 0 Å². The summed E-state index contributed by atoms with van der Waals surface area (Å²) in [4.78, 5) is 22.6. The first kappa shape index (κ1) is 18.8. The second kappa shape index (κ2) is 7.72. The number of nitrogens with zero attached hydrogens (tertiary/aromatic N) is 4. The number of aromatic nitrogens is 2. The Labute approximate surface area is 157 Å². The molecule has 1 fully saturated rings. The number of carbonyl (C=O) groups is 1. The molecule has 8 nitrogen and oxygen atoms in total. The number of carbonyl (C=O) groups excluding carboxylic acids is 1. The zero-order chi connectivity index (χ0) is 19.4. The summed E-state index contributed by atoms with van der Waals surface area (Å²) in [7, 11) is -3.09. The Morgan fingerprint density at radius 3 is 2.85 bits per heavy atom. The van der Waals surface area contributed by atoms with Gasteiger partial charge in [-0.25, -0.2) is 18.4 Å². The minimum Gasteiger partial charge on any atom is -0.340 e. The maximum atomic E-state index is 12.8. The van der Waals surface area contributed by atoms with Gasteiger partial charge in [0.2, 0.25) is 0 Å². The molecular formula is C18H19N5O3S. The number of nitriles is 1. The quantitative estimate of drug-likeness (QED) is 0.833. The number of rotatable bonds is 5. The summed E-state index contributed by atoms with van der Waals surface area (Å²) >= 11 is 0. The van der Waals surface area contributed by atoms with Crippen LogP contribution in [-0.2, 0) is 9.84 Å². The summed E-state index contributed by atoms with van der Waals surface area (Å²) in [5, 5.41) is 12.0. The van der Waals surface area contributed by atoms with Crippen molar-refractivity contribution in [3.05, 3.63) is 47.9 Å². The number of amides is 1. The van der Waals surface area contributed by atoms with Crippen LogP contribution in [0.25, 0.3) is 0 Å². The highest BCUT2D eigenvalue weighted by atomic mass is 32.2. The first-order valence-corrected chi connectivity index (χ1v) is 10.3. The fourth-order valence-electron chi connectivity index (χ4n) is 3.09. The molecule has 1 aromatic carbocycles. The van der Waals surface area contributed by atoms with E-state index in [4.69, 9.17) is 5.26 Å². The van der Waals surface area contributed by atoms with Crippen molar-refractivity contribution in [3.63, 3.8) is 0 Å². The molecule has 1 amide bonds. The highest BCUT2D eigenvalue weighted by Crippen LogP contribution is 2.21. The highest BCUT2D eigenvalue weighted by Gasteiger charge is 2.34. The van der Waals surface area contributed by atoms with E-state index in [9.17, 15) is 13.2 Å². The summed E-state index contributed by atoms with van der Waals surface area (Å²) in [5.41, 5.74) is 1.36. The van der Waals surface area contributed by atoms with E-state index >= 15 is 0 Å². The van der Waals surface area contributed by atoms with Crippen LogP contribution in [0.15, 0.2) is 36.7 Å². The summed E-state index contributed by atoms with van der Waals surface area (Å²) in [5.74, 6) is 0.186. The standard InChI is InChI=1S/C18H19N5O3S/c1-2-23(15-6-7-27(25,26)11-15)18(24)16-9-17(21-12-20-16)22-14-5-3-4-13(8-14)10-19/h3-5,8-9,12,15H,2,6-7,11H2,1H3,(H,20,21,22). The molecule has 1 N–H and O–H groups in total. The molecule has 0 radical (unpaired) electrons. The molecule has 1 aliphatic rings. The predicted molar refractivity (Wildman–Crippen MR) is 100 cm³/mol. The second-order valence-corrected chi connectivity index (χ2v) is 8.48. The molecule has 2 heterocycles. The SMILES string of the molecule is CCN(C(=O)c1cc(Nc2cccc(C#N)c2)ncn1)C1CCS(=O)(=O)C1. The third kappa shape index (κ3) is 4.41. The Hall–Kier alpha value is -2.99. The zero-order valence-corrected chi connectivity index (χ0v) is 15.6.